The number of hydrogen-bond donors (Lipinski definition) is 1. The zero-order valence-corrected chi connectivity index (χ0v) is 14.0. The number of rotatable bonds is 3. The molecule has 2 rings (SSSR count). The van der Waals surface area contributed by atoms with Crippen LogP contribution >= 0.6 is 0 Å². The highest BCUT2D eigenvalue weighted by molar-refractivity contribution is 5.15. The highest BCUT2D eigenvalue weighted by Crippen LogP contribution is 2.36. The largest absolute Gasteiger partial charge is 0.330 e. The summed E-state index contributed by atoms with van der Waals surface area (Å²) in [6.45, 7) is 12.6. The highest BCUT2D eigenvalue weighted by Gasteiger charge is 2.34. The van der Waals surface area contributed by atoms with E-state index in [2.05, 4.69) is 38.7 Å². The molecule has 2 aliphatic rings. The van der Waals surface area contributed by atoms with E-state index in [-0.39, 0.29) is 0 Å². The molecule has 2 nitrogen and oxygen atoms in total. The van der Waals surface area contributed by atoms with Gasteiger partial charge in [-0.15, -0.1) is 0 Å². The van der Waals surface area contributed by atoms with Gasteiger partial charge in [-0.2, -0.15) is 0 Å². The molecule has 0 aromatic heterocycles. The van der Waals surface area contributed by atoms with E-state index in [9.17, 15) is 0 Å². The lowest BCUT2D eigenvalue weighted by molar-refractivity contribution is 0.0850. The van der Waals surface area contributed by atoms with Crippen LogP contribution in [0.3, 0.4) is 0 Å². The van der Waals surface area contributed by atoms with E-state index in [4.69, 9.17) is 5.73 Å². The van der Waals surface area contributed by atoms with Gasteiger partial charge in [-0.3, -0.25) is 4.90 Å². The Hall–Kier alpha value is -0.340. The third kappa shape index (κ3) is 3.65. The van der Waals surface area contributed by atoms with E-state index in [0.29, 0.717) is 5.41 Å². The van der Waals surface area contributed by atoms with Crippen LogP contribution in [-0.4, -0.2) is 30.6 Å². The molecule has 1 fully saturated rings. The molecule has 0 spiro atoms. The molecule has 0 saturated heterocycles. The summed E-state index contributed by atoms with van der Waals surface area (Å²) in [5.74, 6) is 1.65. The van der Waals surface area contributed by atoms with Crippen LogP contribution in [0.15, 0.2) is 11.6 Å². The molecule has 116 valence electrons. The minimum atomic E-state index is 0.345. The Morgan fingerprint density at radius 1 is 1.30 bits per heavy atom. The van der Waals surface area contributed by atoms with Gasteiger partial charge in [0.1, 0.15) is 0 Å². The third-order valence-corrected chi connectivity index (χ3v) is 5.62. The Bertz CT molecular complexity index is 340. The Labute approximate surface area is 125 Å². The summed E-state index contributed by atoms with van der Waals surface area (Å²) in [5, 5.41) is 0. The van der Waals surface area contributed by atoms with Gasteiger partial charge in [0.2, 0.25) is 0 Å². The molecule has 0 aromatic rings. The van der Waals surface area contributed by atoms with Crippen molar-refractivity contribution in [3.63, 3.8) is 0 Å². The fraction of sp³-hybridized carbons (Fsp3) is 0.889. The predicted octanol–water partition coefficient (Wildman–Crippen LogP) is 3.82. The zero-order chi connectivity index (χ0) is 14.8. The van der Waals surface area contributed by atoms with Crippen molar-refractivity contribution in [2.45, 2.75) is 65.8 Å². The summed E-state index contributed by atoms with van der Waals surface area (Å²) in [5.41, 5.74) is 8.03. The molecule has 0 radical (unpaired) electrons. The van der Waals surface area contributed by atoms with Crippen molar-refractivity contribution in [3.05, 3.63) is 11.6 Å². The van der Waals surface area contributed by atoms with E-state index >= 15 is 0 Å². The van der Waals surface area contributed by atoms with Crippen molar-refractivity contribution in [2.24, 2.45) is 23.0 Å². The second kappa shape index (κ2) is 6.62. The summed E-state index contributed by atoms with van der Waals surface area (Å²) >= 11 is 0. The van der Waals surface area contributed by atoms with Crippen LogP contribution in [-0.2, 0) is 0 Å². The van der Waals surface area contributed by atoms with Gasteiger partial charge < -0.3 is 5.73 Å². The van der Waals surface area contributed by atoms with Gasteiger partial charge in [-0.25, -0.2) is 0 Å². The van der Waals surface area contributed by atoms with Crippen molar-refractivity contribution in [1.29, 1.82) is 0 Å². The van der Waals surface area contributed by atoms with Crippen molar-refractivity contribution in [1.82, 2.24) is 4.90 Å². The lowest BCUT2D eigenvalue weighted by Crippen LogP contribution is -2.48. The van der Waals surface area contributed by atoms with Crippen LogP contribution < -0.4 is 5.73 Å². The molecule has 3 unspecified atom stereocenters. The van der Waals surface area contributed by atoms with Crippen LogP contribution in [0.4, 0.5) is 0 Å². The molecule has 0 aromatic carbocycles. The lowest BCUT2D eigenvalue weighted by atomic mass is 9.75. The molecular formula is C18H34N2. The number of nitrogens with zero attached hydrogens (tertiary/aromatic N) is 1. The van der Waals surface area contributed by atoms with Crippen LogP contribution in [0.2, 0.25) is 0 Å². The molecule has 1 aliphatic carbocycles. The van der Waals surface area contributed by atoms with Gasteiger partial charge >= 0.3 is 0 Å². The van der Waals surface area contributed by atoms with Gasteiger partial charge in [0.25, 0.3) is 0 Å². The van der Waals surface area contributed by atoms with Crippen molar-refractivity contribution < 1.29 is 0 Å². The molecule has 20 heavy (non-hydrogen) atoms. The molecule has 0 amide bonds. The minimum Gasteiger partial charge on any atom is -0.330 e. The van der Waals surface area contributed by atoms with Gasteiger partial charge in [0.15, 0.2) is 0 Å². The Balaban J connectivity index is 2.01. The first-order chi connectivity index (χ1) is 9.45. The quantitative estimate of drug-likeness (QED) is 0.795. The van der Waals surface area contributed by atoms with Gasteiger partial charge in [-0.1, -0.05) is 52.2 Å². The first-order valence-corrected chi connectivity index (χ1v) is 8.59. The topological polar surface area (TPSA) is 29.3 Å². The van der Waals surface area contributed by atoms with Gasteiger partial charge in [-0.05, 0) is 43.1 Å². The molecule has 2 N–H and O–H groups in total. The number of hydrogen-bond acceptors (Lipinski definition) is 2. The van der Waals surface area contributed by atoms with Crippen LogP contribution in [0.25, 0.3) is 0 Å². The summed E-state index contributed by atoms with van der Waals surface area (Å²) in [6.07, 6.45) is 9.18. The van der Waals surface area contributed by atoms with E-state index in [0.717, 1.165) is 31.0 Å². The predicted molar refractivity (Wildman–Crippen MR) is 87.7 cm³/mol. The second-order valence-electron chi connectivity index (χ2n) is 7.87. The van der Waals surface area contributed by atoms with Crippen molar-refractivity contribution in [2.75, 3.05) is 19.6 Å². The maximum absolute atomic E-state index is 6.04. The zero-order valence-electron chi connectivity index (χ0n) is 14.0. The van der Waals surface area contributed by atoms with Crippen molar-refractivity contribution >= 4 is 0 Å². The van der Waals surface area contributed by atoms with Gasteiger partial charge in [0, 0.05) is 19.1 Å². The third-order valence-electron chi connectivity index (χ3n) is 5.62. The van der Waals surface area contributed by atoms with Crippen molar-refractivity contribution in [3.8, 4) is 0 Å². The van der Waals surface area contributed by atoms with E-state index in [1.807, 2.05) is 0 Å². The molecule has 1 heterocycles. The number of nitrogens with two attached hydrogens (primary N) is 1. The maximum Gasteiger partial charge on any atom is 0.0169 e. The average Bonchev–Trinajstić information content (AvgIpc) is 2.45. The standard InChI is InChI=1S/C18H34N2/c1-5-14-6-7-15(13-19)17(12-14)20-10-8-16(9-11-20)18(2,3)4/h8,14-15,17H,5-7,9-13,19H2,1-4H3. The van der Waals surface area contributed by atoms with E-state index in [1.54, 1.807) is 5.57 Å². The Morgan fingerprint density at radius 2 is 2.05 bits per heavy atom. The SMILES string of the molecule is CCC1CCC(CN)C(N2CC=C(C(C)(C)C)CC2)C1. The summed E-state index contributed by atoms with van der Waals surface area (Å²) in [4.78, 5) is 2.72. The normalized spacial score (nSPS) is 33.0. The lowest BCUT2D eigenvalue weighted by Gasteiger charge is -2.44. The maximum atomic E-state index is 6.04. The van der Waals surface area contributed by atoms with Crippen LogP contribution in [0, 0.1) is 17.3 Å². The Kier molecular flexibility index (Phi) is 5.30. The molecule has 1 saturated carbocycles. The van der Waals surface area contributed by atoms with E-state index in [1.165, 1.54) is 38.6 Å². The molecule has 1 aliphatic heterocycles. The summed E-state index contributed by atoms with van der Waals surface area (Å²) < 4.78 is 0. The second-order valence-corrected chi connectivity index (χ2v) is 7.87. The molecular weight excluding hydrogens is 244 g/mol. The first-order valence-electron chi connectivity index (χ1n) is 8.59. The molecule has 2 heteroatoms. The highest BCUT2D eigenvalue weighted by atomic mass is 15.2. The minimum absolute atomic E-state index is 0.345. The average molecular weight is 278 g/mol. The van der Waals surface area contributed by atoms with E-state index < -0.39 is 0 Å². The fourth-order valence-electron chi connectivity index (χ4n) is 4.05. The first kappa shape index (κ1) is 16.0. The van der Waals surface area contributed by atoms with Gasteiger partial charge in [0.05, 0.1) is 0 Å². The molecule has 0 bridgehead atoms. The smallest absolute Gasteiger partial charge is 0.0169 e. The monoisotopic (exact) mass is 278 g/mol. The summed E-state index contributed by atoms with van der Waals surface area (Å²) in [7, 11) is 0. The molecule has 3 atom stereocenters. The van der Waals surface area contributed by atoms with Crippen LogP contribution in [0.1, 0.15) is 59.8 Å². The van der Waals surface area contributed by atoms with Crippen LogP contribution in [0.5, 0.6) is 0 Å². The fourth-order valence-corrected chi connectivity index (χ4v) is 4.05. The summed E-state index contributed by atoms with van der Waals surface area (Å²) in [6, 6.07) is 0.733. The Morgan fingerprint density at radius 3 is 2.55 bits per heavy atom.